The van der Waals surface area contributed by atoms with E-state index in [1.165, 1.54) is 11.0 Å². The van der Waals surface area contributed by atoms with Gasteiger partial charge in [-0.25, -0.2) is 9.78 Å². The Balaban J connectivity index is 1.53. The molecule has 2 atom stereocenters. The van der Waals surface area contributed by atoms with Gasteiger partial charge < -0.3 is 24.9 Å². The van der Waals surface area contributed by atoms with Crippen molar-refractivity contribution in [1.29, 1.82) is 0 Å². The molecular formula is C26H30N6O5. The number of aryl methyl sites for hydroxylation is 3. The van der Waals surface area contributed by atoms with E-state index < -0.39 is 12.0 Å². The van der Waals surface area contributed by atoms with E-state index in [9.17, 15) is 24.3 Å². The lowest BCUT2D eigenvalue weighted by Crippen LogP contribution is -2.41. The summed E-state index contributed by atoms with van der Waals surface area (Å²) in [6.07, 6.45) is 3.00. The molecule has 0 unspecified atom stereocenters. The third-order valence-electron chi connectivity index (χ3n) is 7.51. The van der Waals surface area contributed by atoms with Crippen molar-refractivity contribution in [3.8, 4) is 0 Å². The number of fused-ring (bicyclic) bond motifs is 3. The molecule has 1 saturated heterocycles. The summed E-state index contributed by atoms with van der Waals surface area (Å²) in [5.41, 5.74) is 8.20. The number of amides is 3. The van der Waals surface area contributed by atoms with Crippen molar-refractivity contribution in [2.24, 2.45) is 11.7 Å². The van der Waals surface area contributed by atoms with Gasteiger partial charge in [0.2, 0.25) is 11.8 Å². The maximum Gasteiger partial charge on any atom is 0.412 e. The van der Waals surface area contributed by atoms with Crippen LogP contribution in [0.5, 0.6) is 0 Å². The number of anilines is 1. The molecule has 2 aromatic heterocycles. The van der Waals surface area contributed by atoms with Crippen LogP contribution < -0.4 is 16.2 Å². The van der Waals surface area contributed by atoms with Crippen LogP contribution in [0.25, 0.3) is 11.0 Å². The van der Waals surface area contributed by atoms with Gasteiger partial charge in [-0.2, -0.15) is 0 Å². The van der Waals surface area contributed by atoms with Crippen LogP contribution in [0.2, 0.25) is 0 Å². The summed E-state index contributed by atoms with van der Waals surface area (Å²) in [5.74, 6) is -0.247. The summed E-state index contributed by atoms with van der Waals surface area (Å²) in [6.45, 7) is 3.06. The first kappa shape index (κ1) is 24.5. The number of carboxylic acid groups (broad SMARTS) is 1. The fraction of sp³-hybridized carbons (Fsp3) is 0.423. The van der Waals surface area contributed by atoms with E-state index in [4.69, 9.17) is 10.7 Å². The van der Waals surface area contributed by atoms with E-state index in [1.807, 2.05) is 17.6 Å². The molecule has 37 heavy (non-hydrogen) atoms. The van der Waals surface area contributed by atoms with E-state index in [-0.39, 0.29) is 30.0 Å². The van der Waals surface area contributed by atoms with E-state index in [1.54, 1.807) is 33.9 Å². The first-order chi connectivity index (χ1) is 17.7. The van der Waals surface area contributed by atoms with Gasteiger partial charge >= 0.3 is 6.09 Å². The van der Waals surface area contributed by atoms with Crippen LogP contribution in [0, 0.1) is 5.92 Å². The molecule has 11 heteroatoms. The summed E-state index contributed by atoms with van der Waals surface area (Å²) in [6, 6.07) is 8.42. The lowest BCUT2D eigenvalue weighted by Gasteiger charge is -2.33. The molecule has 0 radical (unpaired) electrons. The Labute approximate surface area is 213 Å². The van der Waals surface area contributed by atoms with Crippen LogP contribution in [-0.2, 0) is 35.5 Å². The summed E-state index contributed by atoms with van der Waals surface area (Å²) >= 11 is 0. The van der Waals surface area contributed by atoms with Crippen LogP contribution in [0.1, 0.15) is 31.2 Å². The number of carbonyl (C=O) groups excluding carboxylic acids is 2. The first-order valence-corrected chi connectivity index (χ1v) is 12.5. The van der Waals surface area contributed by atoms with Crippen LogP contribution in [0.3, 0.4) is 0 Å². The highest BCUT2D eigenvalue weighted by Gasteiger charge is 2.32. The second kappa shape index (κ2) is 9.72. The van der Waals surface area contributed by atoms with Crippen molar-refractivity contribution < 1.29 is 19.5 Å². The number of likely N-dealkylation sites (tertiary alicyclic amines) is 1. The average Bonchev–Trinajstić information content (AvgIpc) is 3.49. The Morgan fingerprint density at radius 2 is 1.97 bits per heavy atom. The van der Waals surface area contributed by atoms with Crippen LogP contribution in [0.4, 0.5) is 10.5 Å². The van der Waals surface area contributed by atoms with Crippen LogP contribution in [-0.4, -0.2) is 61.2 Å². The standard InChI is InChI=1S/C26H30N6O5/c1-16-5-6-18-19(32(16)26(36)37)7-8-20-24(18)28-21(10-13-29-11-3-2-4-22(29)33)31(20)15-23(34)30-12-9-17(14-30)25(27)35/h2-4,7-8,11,16-17H,5-6,9-10,12-15H2,1H3,(H2,27,35)(H,36,37)/t16-,17-/m0/s1. The number of aromatic nitrogens is 3. The topological polar surface area (TPSA) is 144 Å². The maximum absolute atomic E-state index is 13.3. The molecule has 0 aliphatic carbocycles. The molecule has 0 bridgehead atoms. The summed E-state index contributed by atoms with van der Waals surface area (Å²) < 4.78 is 3.44. The minimum atomic E-state index is -1.01. The second-order valence-corrected chi connectivity index (χ2v) is 9.80. The fourth-order valence-electron chi connectivity index (χ4n) is 5.46. The Hall–Kier alpha value is -4.15. The lowest BCUT2D eigenvalue weighted by atomic mass is 9.96. The van der Waals surface area contributed by atoms with Gasteiger partial charge in [0, 0.05) is 49.9 Å². The summed E-state index contributed by atoms with van der Waals surface area (Å²) in [5, 5.41) is 9.81. The Morgan fingerprint density at radius 3 is 2.68 bits per heavy atom. The molecule has 3 N–H and O–H groups in total. The summed E-state index contributed by atoms with van der Waals surface area (Å²) in [7, 11) is 0. The van der Waals surface area contributed by atoms with Gasteiger partial charge in [0.05, 0.1) is 22.6 Å². The highest BCUT2D eigenvalue weighted by Crippen LogP contribution is 2.36. The predicted molar refractivity (Wildman–Crippen MR) is 136 cm³/mol. The molecule has 4 heterocycles. The van der Waals surface area contributed by atoms with Gasteiger partial charge in [-0.1, -0.05) is 6.07 Å². The van der Waals surface area contributed by atoms with Gasteiger partial charge in [0.25, 0.3) is 5.56 Å². The number of nitrogens with two attached hydrogens (primary N) is 1. The third kappa shape index (κ3) is 4.56. The van der Waals surface area contributed by atoms with Gasteiger partial charge in [-0.05, 0) is 44.4 Å². The van der Waals surface area contributed by atoms with Crippen molar-refractivity contribution in [2.75, 3.05) is 18.0 Å². The zero-order chi connectivity index (χ0) is 26.3. The minimum Gasteiger partial charge on any atom is -0.465 e. The Morgan fingerprint density at radius 1 is 1.16 bits per heavy atom. The molecule has 3 aromatic rings. The number of imidazole rings is 1. The molecular weight excluding hydrogens is 476 g/mol. The largest absolute Gasteiger partial charge is 0.465 e. The van der Waals surface area contributed by atoms with Gasteiger partial charge in [0.1, 0.15) is 12.4 Å². The molecule has 0 saturated carbocycles. The fourth-order valence-corrected chi connectivity index (χ4v) is 5.46. The van der Waals surface area contributed by atoms with E-state index in [0.29, 0.717) is 62.3 Å². The molecule has 194 valence electrons. The Bertz CT molecular complexity index is 1440. The molecule has 2 aliphatic heterocycles. The molecule has 2 aliphatic rings. The molecule has 5 rings (SSSR count). The van der Waals surface area contributed by atoms with Crippen LogP contribution >= 0.6 is 0 Å². The number of nitrogens with zero attached hydrogens (tertiary/aromatic N) is 5. The highest BCUT2D eigenvalue weighted by atomic mass is 16.4. The average molecular weight is 507 g/mol. The monoisotopic (exact) mass is 506 g/mol. The van der Waals surface area contributed by atoms with Gasteiger partial charge in [-0.15, -0.1) is 0 Å². The summed E-state index contributed by atoms with van der Waals surface area (Å²) in [4.78, 5) is 57.0. The maximum atomic E-state index is 13.3. The zero-order valence-corrected chi connectivity index (χ0v) is 20.7. The Kier molecular flexibility index (Phi) is 6.45. The smallest absolute Gasteiger partial charge is 0.412 e. The quantitative estimate of drug-likeness (QED) is 0.520. The highest BCUT2D eigenvalue weighted by molar-refractivity contribution is 5.95. The van der Waals surface area contributed by atoms with E-state index in [0.717, 1.165) is 11.1 Å². The second-order valence-electron chi connectivity index (χ2n) is 9.80. The molecule has 1 aromatic carbocycles. The number of primary amides is 1. The van der Waals surface area contributed by atoms with Crippen molar-refractivity contribution in [1.82, 2.24) is 19.0 Å². The SMILES string of the molecule is C[C@H]1CCc2c(ccc3c2nc(CCn2ccccc2=O)n3CC(=O)N2CC[C@H](C(N)=O)C2)N1C(=O)O. The number of hydrogen-bond acceptors (Lipinski definition) is 5. The zero-order valence-electron chi connectivity index (χ0n) is 20.7. The minimum absolute atomic E-state index is 0.0266. The van der Waals surface area contributed by atoms with Gasteiger partial charge in [-0.3, -0.25) is 19.3 Å². The number of carbonyl (C=O) groups is 3. The van der Waals surface area contributed by atoms with Crippen LogP contribution in [0.15, 0.2) is 41.3 Å². The van der Waals surface area contributed by atoms with Crippen molar-refractivity contribution >= 4 is 34.6 Å². The molecule has 3 amide bonds. The molecule has 11 nitrogen and oxygen atoms in total. The van der Waals surface area contributed by atoms with E-state index in [2.05, 4.69) is 0 Å². The van der Waals surface area contributed by atoms with Gasteiger partial charge in [0.15, 0.2) is 0 Å². The number of pyridine rings is 1. The number of hydrogen-bond donors (Lipinski definition) is 2. The number of benzene rings is 1. The molecule has 1 fully saturated rings. The number of rotatable bonds is 6. The third-order valence-corrected chi connectivity index (χ3v) is 7.51. The normalized spacial score (nSPS) is 19.3. The predicted octanol–water partition coefficient (Wildman–Crippen LogP) is 1.59. The van der Waals surface area contributed by atoms with E-state index >= 15 is 0 Å². The van der Waals surface area contributed by atoms with Crippen molar-refractivity contribution in [2.45, 2.75) is 51.7 Å². The lowest BCUT2D eigenvalue weighted by molar-refractivity contribution is -0.131. The first-order valence-electron chi connectivity index (χ1n) is 12.5. The van der Waals surface area contributed by atoms with Crippen molar-refractivity contribution in [3.63, 3.8) is 0 Å². The van der Waals surface area contributed by atoms with Crippen molar-refractivity contribution in [3.05, 3.63) is 58.3 Å². The molecule has 0 spiro atoms.